The van der Waals surface area contributed by atoms with Gasteiger partial charge in [0.15, 0.2) is 5.78 Å². The molecule has 0 fully saturated rings. The Morgan fingerprint density at radius 1 is 0.893 bits per heavy atom. The number of sulfone groups is 1. The van der Waals surface area contributed by atoms with Crippen molar-refractivity contribution in [1.82, 2.24) is 0 Å². The van der Waals surface area contributed by atoms with Crippen LogP contribution in [0.15, 0.2) is 76.5 Å². The highest BCUT2D eigenvalue weighted by Gasteiger charge is 2.34. The number of anilines is 1. The first kappa shape index (κ1) is 18.1. The Morgan fingerprint density at radius 3 is 2.29 bits per heavy atom. The maximum Gasteiger partial charge on any atom is 0.255 e. The Kier molecular flexibility index (Phi) is 4.35. The van der Waals surface area contributed by atoms with Crippen LogP contribution in [0.2, 0.25) is 0 Å². The summed E-state index contributed by atoms with van der Waals surface area (Å²) in [4.78, 5) is 25.1. The molecule has 1 amide bonds. The van der Waals surface area contributed by atoms with Gasteiger partial charge in [-0.15, -0.1) is 0 Å². The van der Waals surface area contributed by atoms with Crippen LogP contribution >= 0.6 is 0 Å². The molecule has 0 atom stereocenters. The summed E-state index contributed by atoms with van der Waals surface area (Å²) >= 11 is 0. The predicted molar refractivity (Wildman–Crippen MR) is 106 cm³/mol. The number of ketones is 1. The van der Waals surface area contributed by atoms with Crippen LogP contribution in [0, 0.1) is 0 Å². The summed E-state index contributed by atoms with van der Waals surface area (Å²) in [6, 6.07) is 17.7. The molecule has 0 radical (unpaired) electrons. The van der Waals surface area contributed by atoms with Gasteiger partial charge in [-0.1, -0.05) is 31.2 Å². The van der Waals surface area contributed by atoms with Crippen LogP contribution in [-0.2, 0) is 16.3 Å². The number of fused-ring (bicyclic) bond motifs is 2. The van der Waals surface area contributed by atoms with Gasteiger partial charge in [0.2, 0.25) is 9.84 Å². The van der Waals surface area contributed by atoms with E-state index in [0.717, 1.165) is 12.0 Å². The van der Waals surface area contributed by atoms with Gasteiger partial charge in [-0.3, -0.25) is 9.59 Å². The summed E-state index contributed by atoms with van der Waals surface area (Å²) in [5, 5.41) is 2.76. The second kappa shape index (κ2) is 6.73. The topological polar surface area (TPSA) is 80.3 Å². The van der Waals surface area contributed by atoms with E-state index in [-0.39, 0.29) is 32.3 Å². The fourth-order valence-corrected chi connectivity index (χ4v) is 4.93. The molecule has 0 saturated heterocycles. The second-order valence-corrected chi connectivity index (χ2v) is 8.43. The third-order valence-corrected chi connectivity index (χ3v) is 6.67. The van der Waals surface area contributed by atoms with Crippen LogP contribution in [0.5, 0.6) is 0 Å². The number of aryl methyl sites for hydroxylation is 1. The summed E-state index contributed by atoms with van der Waals surface area (Å²) in [6.45, 7) is 2.04. The molecule has 1 heterocycles. The Bertz CT molecular complexity index is 1210. The summed E-state index contributed by atoms with van der Waals surface area (Å²) in [5.74, 6) is -0.795. The van der Waals surface area contributed by atoms with Crippen molar-refractivity contribution < 1.29 is 18.0 Å². The van der Waals surface area contributed by atoms with E-state index in [1.807, 2.05) is 19.1 Å². The summed E-state index contributed by atoms with van der Waals surface area (Å²) in [6.07, 6.45) is 0.895. The Labute approximate surface area is 162 Å². The largest absolute Gasteiger partial charge is 0.322 e. The highest BCUT2D eigenvalue weighted by Crippen LogP contribution is 2.34. The molecule has 0 bridgehead atoms. The van der Waals surface area contributed by atoms with Gasteiger partial charge < -0.3 is 5.32 Å². The highest BCUT2D eigenvalue weighted by atomic mass is 32.2. The third kappa shape index (κ3) is 2.92. The van der Waals surface area contributed by atoms with Gasteiger partial charge in [0.05, 0.1) is 9.79 Å². The molecule has 0 aromatic heterocycles. The van der Waals surface area contributed by atoms with Crippen LogP contribution in [0.1, 0.15) is 38.8 Å². The van der Waals surface area contributed by atoms with Crippen molar-refractivity contribution in [1.29, 1.82) is 0 Å². The normalized spacial score (nSPS) is 14.1. The van der Waals surface area contributed by atoms with Gasteiger partial charge in [0.25, 0.3) is 5.91 Å². The first-order valence-electron chi connectivity index (χ1n) is 8.85. The average Bonchev–Trinajstić information content (AvgIpc) is 2.72. The van der Waals surface area contributed by atoms with Crippen molar-refractivity contribution in [3.63, 3.8) is 0 Å². The Hall–Kier alpha value is -3.25. The number of carbonyl (C=O) groups excluding carboxylic acids is 2. The molecule has 1 aliphatic heterocycles. The molecule has 0 spiro atoms. The quantitative estimate of drug-likeness (QED) is 0.575. The SMILES string of the molecule is CCc1ccc(NC(=O)c2ccc3c(c2)S(=O)(=O)c2ccccc2C3=O)cc1. The van der Waals surface area contributed by atoms with Crippen molar-refractivity contribution in [3.05, 3.63) is 89.0 Å². The van der Waals surface area contributed by atoms with E-state index < -0.39 is 15.7 Å². The molecular weight excluding hydrogens is 374 g/mol. The minimum absolute atomic E-state index is 0.0276. The van der Waals surface area contributed by atoms with Crippen molar-refractivity contribution in [2.45, 2.75) is 23.1 Å². The van der Waals surface area contributed by atoms with E-state index in [1.54, 1.807) is 24.3 Å². The molecule has 140 valence electrons. The number of benzene rings is 3. The zero-order valence-corrected chi connectivity index (χ0v) is 15.9. The van der Waals surface area contributed by atoms with E-state index in [2.05, 4.69) is 5.32 Å². The Balaban J connectivity index is 1.71. The molecule has 6 heteroatoms. The smallest absolute Gasteiger partial charge is 0.255 e. The molecule has 1 aliphatic rings. The number of nitrogens with one attached hydrogen (secondary N) is 1. The lowest BCUT2D eigenvalue weighted by Gasteiger charge is -2.19. The van der Waals surface area contributed by atoms with Gasteiger partial charge >= 0.3 is 0 Å². The summed E-state index contributed by atoms with van der Waals surface area (Å²) in [5.41, 5.74) is 2.18. The fraction of sp³-hybridized carbons (Fsp3) is 0.0909. The van der Waals surface area contributed by atoms with E-state index in [0.29, 0.717) is 5.69 Å². The lowest BCUT2D eigenvalue weighted by atomic mass is 10.0. The molecule has 3 aromatic rings. The maximum absolute atomic E-state index is 13.0. The fourth-order valence-electron chi connectivity index (χ4n) is 3.25. The van der Waals surface area contributed by atoms with E-state index in [4.69, 9.17) is 0 Å². The number of carbonyl (C=O) groups is 2. The van der Waals surface area contributed by atoms with Crippen LogP contribution in [0.25, 0.3) is 0 Å². The minimum atomic E-state index is -3.87. The number of hydrogen-bond acceptors (Lipinski definition) is 4. The van der Waals surface area contributed by atoms with Crippen molar-refractivity contribution in [2.24, 2.45) is 0 Å². The highest BCUT2D eigenvalue weighted by molar-refractivity contribution is 7.91. The molecule has 3 aromatic carbocycles. The minimum Gasteiger partial charge on any atom is -0.322 e. The predicted octanol–water partition coefficient (Wildman–Crippen LogP) is 3.88. The molecule has 5 nitrogen and oxygen atoms in total. The summed E-state index contributed by atoms with van der Waals surface area (Å²) < 4.78 is 25.9. The van der Waals surface area contributed by atoms with Crippen LogP contribution in [-0.4, -0.2) is 20.1 Å². The van der Waals surface area contributed by atoms with Gasteiger partial charge in [-0.05, 0) is 54.4 Å². The summed E-state index contributed by atoms with van der Waals surface area (Å²) in [7, 11) is -3.87. The average molecular weight is 391 g/mol. The zero-order chi connectivity index (χ0) is 19.9. The van der Waals surface area contributed by atoms with E-state index in [9.17, 15) is 18.0 Å². The molecule has 1 N–H and O–H groups in total. The first-order chi connectivity index (χ1) is 13.4. The number of amides is 1. The molecule has 0 saturated carbocycles. The zero-order valence-electron chi connectivity index (χ0n) is 15.1. The molecular formula is C22H17NO4S. The van der Waals surface area contributed by atoms with Crippen molar-refractivity contribution in [3.8, 4) is 0 Å². The van der Waals surface area contributed by atoms with Gasteiger partial charge in [0, 0.05) is 22.4 Å². The Morgan fingerprint density at radius 2 is 1.57 bits per heavy atom. The molecule has 0 unspecified atom stereocenters. The van der Waals surface area contributed by atoms with Crippen LogP contribution < -0.4 is 5.32 Å². The molecule has 28 heavy (non-hydrogen) atoms. The van der Waals surface area contributed by atoms with Gasteiger partial charge in [-0.2, -0.15) is 0 Å². The number of rotatable bonds is 3. The molecule has 0 aliphatic carbocycles. The van der Waals surface area contributed by atoms with Crippen molar-refractivity contribution in [2.75, 3.05) is 5.32 Å². The van der Waals surface area contributed by atoms with Gasteiger partial charge in [-0.25, -0.2) is 8.42 Å². The van der Waals surface area contributed by atoms with E-state index in [1.165, 1.54) is 30.3 Å². The second-order valence-electron chi connectivity index (χ2n) is 6.54. The van der Waals surface area contributed by atoms with Crippen molar-refractivity contribution >= 4 is 27.2 Å². The van der Waals surface area contributed by atoms with Crippen LogP contribution in [0.3, 0.4) is 0 Å². The molecule has 4 rings (SSSR count). The third-order valence-electron chi connectivity index (χ3n) is 4.82. The maximum atomic E-state index is 13.0. The monoisotopic (exact) mass is 391 g/mol. The number of hydrogen-bond donors (Lipinski definition) is 1. The van der Waals surface area contributed by atoms with Crippen LogP contribution in [0.4, 0.5) is 5.69 Å². The van der Waals surface area contributed by atoms with Gasteiger partial charge in [0.1, 0.15) is 0 Å². The first-order valence-corrected chi connectivity index (χ1v) is 10.3. The standard InChI is InChI=1S/C22H17NO4S/c1-2-14-7-10-16(11-8-14)23-22(25)15-9-12-18-20(13-15)28(26,27)19-6-4-3-5-17(19)21(18)24/h3-13H,2H2,1H3,(H,23,25). The van der Waals surface area contributed by atoms with E-state index >= 15 is 0 Å². The lowest BCUT2D eigenvalue weighted by molar-refractivity contribution is 0.101. The lowest BCUT2D eigenvalue weighted by Crippen LogP contribution is -2.21.